The van der Waals surface area contributed by atoms with Crippen molar-refractivity contribution in [2.24, 2.45) is 0 Å². The quantitative estimate of drug-likeness (QED) is 0.719. The lowest BCUT2D eigenvalue weighted by molar-refractivity contribution is 0.0900. The molecule has 4 rings (SSSR count). The van der Waals surface area contributed by atoms with Gasteiger partial charge in [0.15, 0.2) is 0 Å². The maximum Gasteiger partial charge on any atom is 0.269 e. The molecule has 0 saturated carbocycles. The summed E-state index contributed by atoms with van der Waals surface area (Å²) in [7, 11) is 0. The molecule has 27 heavy (non-hydrogen) atoms. The van der Waals surface area contributed by atoms with Crippen molar-refractivity contribution >= 4 is 17.5 Å². The zero-order valence-corrected chi connectivity index (χ0v) is 14.8. The summed E-state index contributed by atoms with van der Waals surface area (Å²) in [6.07, 6.45) is -0.282. The number of carbonyl (C=O) groups is 1. The largest absolute Gasteiger partial charge is 0.347 e. The van der Waals surface area contributed by atoms with Gasteiger partial charge in [0, 0.05) is 12.1 Å². The third-order valence-corrected chi connectivity index (χ3v) is 4.68. The minimum atomic E-state index is -0.469. The average molecular weight is 389 g/mol. The fraction of sp³-hybridized carbons (Fsp3) is 0.158. The van der Waals surface area contributed by atoms with E-state index < -0.39 is 5.82 Å². The summed E-state index contributed by atoms with van der Waals surface area (Å²) in [6, 6.07) is 12.1. The van der Waals surface area contributed by atoms with Crippen molar-refractivity contribution < 1.29 is 13.6 Å². The number of halogens is 3. The molecule has 0 unspecified atom stereocenters. The van der Waals surface area contributed by atoms with Crippen molar-refractivity contribution in [1.29, 1.82) is 0 Å². The smallest absolute Gasteiger partial charge is 0.269 e. The molecule has 0 radical (unpaired) electrons. The Bertz CT molecular complexity index is 1000. The second kappa shape index (κ2) is 7.09. The molecule has 2 N–H and O–H groups in total. The zero-order valence-electron chi connectivity index (χ0n) is 14.0. The first-order valence-electron chi connectivity index (χ1n) is 8.32. The highest BCUT2D eigenvalue weighted by molar-refractivity contribution is 6.30. The van der Waals surface area contributed by atoms with Crippen LogP contribution in [0.25, 0.3) is 11.3 Å². The molecule has 0 saturated heterocycles. The SMILES string of the molecule is O=C1NC[C@@H](NCc2ccc(F)c(Cl)c2)n2nc(-c3ccc(F)cc3)cc21. The number of nitrogens with zero attached hydrogens (tertiary/aromatic N) is 2. The van der Waals surface area contributed by atoms with Crippen molar-refractivity contribution in [3.63, 3.8) is 0 Å². The molecule has 5 nitrogen and oxygen atoms in total. The van der Waals surface area contributed by atoms with E-state index >= 15 is 0 Å². The van der Waals surface area contributed by atoms with Crippen LogP contribution in [0.15, 0.2) is 48.5 Å². The van der Waals surface area contributed by atoms with Gasteiger partial charge in [0.25, 0.3) is 5.91 Å². The molecule has 0 fully saturated rings. The monoisotopic (exact) mass is 388 g/mol. The molecule has 8 heteroatoms. The molecule has 0 spiro atoms. The third-order valence-electron chi connectivity index (χ3n) is 4.39. The molecule has 3 aromatic rings. The molecule has 1 aliphatic rings. The number of hydrogen-bond donors (Lipinski definition) is 2. The van der Waals surface area contributed by atoms with Gasteiger partial charge in [-0.2, -0.15) is 5.10 Å². The fourth-order valence-electron chi connectivity index (χ4n) is 2.97. The minimum Gasteiger partial charge on any atom is -0.347 e. The molecule has 0 bridgehead atoms. The van der Waals surface area contributed by atoms with E-state index in [1.165, 1.54) is 18.2 Å². The van der Waals surface area contributed by atoms with E-state index in [-0.39, 0.29) is 22.9 Å². The summed E-state index contributed by atoms with van der Waals surface area (Å²) >= 11 is 5.81. The molecular weight excluding hydrogens is 374 g/mol. The van der Waals surface area contributed by atoms with Crippen molar-refractivity contribution in [2.45, 2.75) is 12.7 Å². The molecule has 138 valence electrons. The number of rotatable bonds is 4. The molecule has 0 aliphatic carbocycles. The Kier molecular flexibility index (Phi) is 4.63. The second-order valence-corrected chi connectivity index (χ2v) is 6.63. The van der Waals surface area contributed by atoms with Crippen LogP contribution in [0.1, 0.15) is 22.2 Å². The maximum absolute atomic E-state index is 13.3. The number of amides is 1. The summed E-state index contributed by atoms with van der Waals surface area (Å²) in [4.78, 5) is 12.2. The van der Waals surface area contributed by atoms with Crippen LogP contribution in [-0.2, 0) is 6.54 Å². The normalized spacial score (nSPS) is 16.1. The van der Waals surface area contributed by atoms with Crippen molar-refractivity contribution in [3.8, 4) is 11.3 Å². The number of benzene rings is 2. The lowest BCUT2D eigenvalue weighted by Crippen LogP contribution is -2.45. The number of hydrogen-bond acceptors (Lipinski definition) is 3. The standard InChI is InChI=1S/C19H15ClF2N4O/c20-14-7-11(1-6-15(14)22)9-23-18-10-24-19(27)17-8-16(25-26(17)18)12-2-4-13(21)5-3-12/h1-8,18,23H,9-10H2,(H,24,27)/t18-/m0/s1. The van der Waals surface area contributed by atoms with E-state index in [1.54, 1.807) is 35.0 Å². The van der Waals surface area contributed by atoms with Crippen molar-refractivity contribution in [3.05, 3.63) is 76.4 Å². The lowest BCUT2D eigenvalue weighted by atomic mass is 10.1. The highest BCUT2D eigenvalue weighted by Crippen LogP contribution is 2.23. The van der Waals surface area contributed by atoms with Crippen LogP contribution >= 0.6 is 11.6 Å². The minimum absolute atomic E-state index is 0.0598. The van der Waals surface area contributed by atoms with E-state index in [1.807, 2.05) is 0 Å². The van der Waals surface area contributed by atoms with Gasteiger partial charge in [0.2, 0.25) is 0 Å². The van der Waals surface area contributed by atoms with Crippen molar-refractivity contribution in [1.82, 2.24) is 20.4 Å². The number of nitrogens with one attached hydrogen (secondary N) is 2. The topological polar surface area (TPSA) is 59.0 Å². The Morgan fingerprint density at radius 1 is 1.19 bits per heavy atom. The molecule has 1 atom stereocenters. The summed E-state index contributed by atoms with van der Waals surface area (Å²) < 4.78 is 28.0. The molecule has 1 amide bonds. The van der Waals surface area contributed by atoms with E-state index in [4.69, 9.17) is 11.6 Å². The van der Waals surface area contributed by atoms with Gasteiger partial charge in [-0.3, -0.25) is 10.1 Å². The Labute approximate surface area is 159 Å². The zero-order chi connectivity index (χ0) is 19.0. The fourth-order valence-corrected chi connectivity index (χ4v) is 3.18. The van der Waals surface area contributed by atoms with Gasteiger partial charge >= 0.3 is 0 Å². The molecule has 1 aromatic heterocycles. The van der Waals surface area contributed by atoms with Crippen LogP contribution in [0.5, 0.6) is 0 Å². The molecule has 1 aliphatic heterocycles. The third kappa shape index (κ3) is 3.56. The first-order chi connectivity index (χ1) is 13.0. The Balaban J connectivity index is 1.58. The Morgan fingerprint density at radius 2 is 1.96 bits per heavy atom. The summed E-state index contributed by atoms with van der Waals surface area (Å²) in [6.45, 7) is 0.775. The first kappa shape index (κ1) is 17.6. The predicted octanol–water partition coefficient (Wildman–Crippen LogP) is 3.51. The number of fused-ring (bicyclic) bond motifs is 1. The van der Waals surface area contributed by atoms with Crippen LogP contribution in [-0.4, -0.2) is 22.2 Å². The van der Waals surface area contributed by atoms with E-state index in [2.05, 4.69) is 15.7 Å². The van der Waals surface area contributed by atoms with E-state index in [9.17, 15) is 13.6 Å². The highest BCUT2D eigenvalue weighted by Gasteiger charge is 2.27. The van der Waals surface area contributed by atoms with Crippen LogP contribution in [0.4, 0.5) is 8.78 Å². The molecular formula is C19H15ClF2N4O. The highest BCUT2D eigenvalue weighted by atomic mass is 35.5. The van der Waals surface area contributed by atoms with Gasteiger partial charge in [-0.05, 0) is 48.0 Å². The van der Waals surface area contributed by atoms with Crippen LogP contribution in [0, 0.1) is 11.6 Å². The lowest BCUT2D eigenvalue weighted by Gasteiger charge is -2.25. The Hall–Kier alpha value is -2.77. The van der Waals surface area contributed by atoms with E-state index in [0.29, 0.717) is 24.5 Å². The molecule has 2 heterocycles. The van der Waals surface area contributed by atoms with Gasteiger partial charge < -0.3 is 5.32 Å². The maximum atomic E-state index is 13.3. The van der Waals surface area contributed by atoms with Gasteiger partial charge in [0.05, 0.1) is 17.3 Å². The van der Waals surface area contributed by atoms with E-state index in [0.717, 1.165) is 11.1 Å². The van der Waals surface area contributed by atoms with Crippen LogP contribution < -0.4 is 10.6 Å². The van der Waals surface area contributed by atoms with Gasteiger partial charge in [-0.25, -0.2) is 13.5 Å². The molecule has 2 aromatic carbocycles. The van der Waals surface area contributed by atoms with Crippen LogP contribution in [0.2, 0.25) is 5.02 Å². The predicted molar refractivity (Wildman–Crippen MR) is 97.2 cm³/mol. The van der Waals surface area contributed by atoms with Gasteiger partial charge in [-0.15, -0.1) is 0 Å². The summed E-state index contributed by atoms with van der Waals surface area (Å²) in [5, 5.41) is 10.7. The second-order valence-electron chi connectivity index (χ2n) is 6.22. The van der Waals surface area contributed by atoms with Crippen molar-refractivity contribution in [2.75, 3.05) is 6.54 Å². The first-order valence-corrected chi connectivity index (χ1v) is 8.70. The van der Waals surface area contributed by atoms with Gasteiger partial charge in [-0.1, -0.05) is 17.7 Å². The number of carbonyl (C=O) groups excluding carboxylic acids is 1. The Morgan fingerprint density at radius 3 is 2.70 bits per heavy atom. The van der Waals surface area contributed by atoms with Crippen LogP contribution in [0.3, 0.4) is 0 Å². The van der Waals surface area contributed by atoms with Gasteiger partial charge in [0.1, 0.15) is 23.5 Å². The summed E-state index contributed by atoms with van der Waals surface area (Å²) in [5.74, 6) is -1.03. The number of aromatic nitrogens is 2. The summed E-state index contributed by atoms with van der Waals surface area (Å²) in [5.41, 5.74) is 2.52. The average Bonchev–Trinajstić information content (AvgIpc) is 3.11.